The predicted octanol–water partition coefficient (Wildman–Crippen LogP) is 1.89. The summed E-state index contributed by atoms with van der Waals surface area (Å²) in [5.41, 5.74) is 1.02. The van der Waals surface area contributed by atoms with Gasteiger partial charge in [-0.05, 0) is 24.1 Å². The Balaban J connectivity index is 1.96. The van der Waals surface area contributed by atoms with Gasteiger partial charge >= 0.3 is 5.97 Å². The normalized spacial score (nSPS) is 10.1. The molecule has 1 heterocycles. The van der Waals surface area contributed by atoms with E-state index in [1.165, 1.54) is 18.3 Å². The molecular weight excluding hydrogens is 275 g/mol. The van der Waals surface area contributed by atoms with Gasteiger partial charge in [-0.15, -0.1) is 0 Å². The maximum atomic E-state index is 12.9. The number of halogens is 1. The van der Waals surface area contributed by atoms with Crippen LogP contribution in [0.3, 0.4) is 0 Å². The van der Waals surface area contributed by atoms with Crippen molar-refractivity contribution in [3.63, 3.8) is 0 Å². The minimum atomic E-state index is -1.01. The topological polar surface area (TPSA) is 79.3 Å². The van der Waals surface area contributed by atoms with Crippen LogP contribution in [0.1, 0.15) is 26.3 Å². The number of pyridine rings is 1. The summed E-state index contributed by atoms with van der Waals surface area (Å²) in [6.07, 6.45) is 1.59. The van der Waals surface area contributed by atoms with E-state index in [9.17, 15) is 14.0 Å². The van der Waals surface area contributed by atoms with E-state index >= 15 is 0 Å². The Morgan fingerprint density at radius 3 is 2.71 bits per heavy atom. The molecule has 0 radical (unpaired) electrons. The lowest BCUT2D eigenvalue weighted by atomic mass is 10.0. The zero-order valence-electron chi connectivity index (χ0n) is 11.0. The zero-order valence-corrected chi connectivity index (χ0v) is 11.0. The monoisotopic (exact) mass is 288 g/mol. The van der Waals surface area contributed by atoms with Crippen molar-refractivity contribution in [2.75, 3.05) is 6.54 Å². The van der Waals surface area contributed by atoms with Crippen molar-refractivity contribution in [1.29, 1.82) is 0 Å². The molecule has 0 atom stereocenters. The predicted molar refractivity (Wildman–Crippen MR) is 73.6 cm³/mol. The first-order valence-corrected chi connectivity index (χ1v) is 6.29. The van der Waals surface area contributed by atoms with E-state index in [4.69, 9.17) is 5.11 Å². The lowest BCUT2D eigenvalue weighted by molar-refractivity contribution is 0.0695. The summed E-state index contributed by atoms with van der Waals surface area (Å²) in [6, 6.07) is 9.04. The summed E-state index contributed by atoms with van der Waals surface area (Å²) in [7, 11) is 0. The van der Waals surface area contributed by atoms with E-state index in [-0.39, 0.29) is 17.7 Å². The van der Waals surface area contributed by atoms with Crippen LogP contribution in [0.15, 0.2) is 42.6 Å². The van der Waals surface area contributed by atoms with Gasteiger partial charge in [0.2, 0.25) is 5.95 Å². The smallest absolute Gasteiger partial charge is 0.335 e. The highest BCUT2D eigenvalue weighted by Crippen LogP contribution is 2.09. The molecule has 0 aliphatic heterocycles. The van der Waals surface area contributed by atoms with Crippen molar-refractivity contribution in [2.24, 2.45) is 0 Å². The van der Waals surface area contributed by atoms with Crippen LogP contribution in [-0.4, -0.2) is 28.5 Å². The average Bonchev–Trinajstić information content (AvgIpc) is 2.47. The third kappa shape index (κ3) is 3.85. The molecule has 5 nitrogen and oxygen atoms in total. The van der Waals surface area contributed by atoms with Gasteiger partial charge in [-0.2, -0.15) is 4.39 Å². The number of benzene rings is 1. The van der Waals surface area contributed by atoms with E-state index < -0.39 is 17.8 Å². The molecule has 1 aromatic heterocycles. The lowest BCUT2D eigenvalue weighted by Gasteiger charge is -2.07. The Bertz CT molecular complexity index is 673. The number of carboxylic acids is 1. The van der Waals surface area contributed by atoms with Crippen LogP contribution in [0.5, 0.6) is 0 Å². The highest BCUT2D eigenvalue weighted by Gasteiger charge is 2.10. The van der Waals surface area contributed by atoms with Gasteiger partial charge < -0.3 is 10.4 Å². The number of carbonyl (C=O) groups excluding carboxylic acids is 1. The second-order valence-corrected chi connectivity index (χ2v) is 4.34. The molecule has 0 fully saturated rings. The first-order chi connectivity index (χ1) is 10.1. The van der Waals surface area contributed by atoms with Crippen molar-refractivity contribution in [3.8, 4) is 0 Å². The highest BCUT2D eigenvalue weighted by molar-refractivity contribution is 5.94. The van der Waals surface area contributed by atoms with Gasteiger partial charge in [-0.3, -0.25) is 4.79 Å². The van der Waals surface area contributed by atoms with Crippen LogP contribution in [-0.2, 0) is 6.42 Å². The minimum absolute atomic E-state index is 0.175. The lowest BCUT2D eigenvalue weighted by Crippen LogP contribution is -2.26. The first kappa shape index (κ1) is 14.6. The quantitative estimate of drug-likeness (QED) is 0.823. The number of nitrogens with zero attached hydrogens (tertiary/aromatic N) is 1. The van der Waals surface area contributed by atoms with E-state index in [0.29, 0.717) is 12.0 Å². The maximum Gasteiger partial charge on any atom is 0.335 e. The minimum Gasteiger partial charge on any atom is -0.478 e. The van der Waals surface area contributed by atoms with Crippen LogP contribution >= 0.6 is 0 Å². The molecule has 0 aliphatic rings. The molecule has 6 heteroatoms. The molecule has 0 saturated carbocycles. The Morgan fingerprint density at radius 2 is 2.00 bits per heavy atom. The molecule has 0 unspecified atom stereocenters. The third-order valence-corrected chi connectivity index (χ3v) is 2.92. The fraction of sp³-hybridized carbons (Fsp3) is 0.133. The number of amides is 1. The van der Waals surface area contributed by atoms with Gasteiger partial charge in [0.05, 0.1) is 5.56 Å². The number of nitrogens with one attached hydrogen (secondary N) is 1. The molecular formula is C15H13FN2O3. The molecule has 0 spiro atoms. The van der Waals surface area contributed by atoms with Gasteiger partial charge in [0, 0.05) is 24.4 Å². The fourth-order valence-corrected chi connectivity index (χ4v) is 1.90. The molecule has 0 saturated heterocycles. The van der Waals surface area contributed by atoms with Gasteiger partial charge in [0.15, 0.2) is 0 Å². The first-order valence-electron chi connectivity index (χ1n) is 6.29. The maximum absolute atomic E-state index is 12.9. The second-order valence-electron chi connectivity index (χ2n) is 4.34. The number of hydrogen-bond acceptors (Lipinski definition) is 3. The standard InChI is InChI=1S/C15H13FN2O3/c16-13-9-11(6-7-17-13)14(19)18-8-5-10-3-1-2-4-12(10)15(20)21/h1-4,6-7,9H,5,8H2,(H,18,19)(H,20,21). The van der Waals surface area contributed by atoms with Crippen molar-refractivity contribution in [3.05, 3.63) is 65.2 Å². The summed E-state index contributed by atoms with van der Waals surface area (Å²) in [4.78, 5) is 26.2. The summed E-state index contributed by atoms with van der Waals surface area (Å²) in [5, 5.41) is 11.7. The van der Waals surface area contributed by atoms with E-state index in [1.54, 1.807) is 18.2 Å². The van der Waals surface area contributed by atoms with Gasteiger partial charge in [-0.25, -0.2) is 9.78 Å². The summed E-state index contributed by atoms with van der Waals surface area (Å²) in [5.74, 6) is -2.16. The molecule has 2 rings (SSSR count). The number of hydrogen-bond donors (Lipinski definition) is 2. The zero-order chi connectivity index (χ0) is 15.2. The Hall–Kier alpha value is -2.76. The molecule has 1 aromatic carbocycles. The van der Waals surface area contributed by atoms with Gasteiger partial charge in [-0.1, -0.05) is 18.2 Å². The van der Waals surface area contributed by atoms with Crippen molar-refractivity contribution in [1.82, 2.24) is 10.3 Å². The average molecular weight is 288 g/mol. The molecule has 0 bridgehead atoms. The Labute approximate surface area is 120 Å². The molecule has 2 N–H and O–H groups in total. The number of rotatable bonds is 5. The molecule has 21 heavy (non-hydrogen) atoms. The Kier molecular flexibility index (Phi) is 4.61. The number of carbonyl (C=O) groups is 2. The van der Waals surface area contributed by atoms with Gasteiger partial charge in [0.1, 0.15) is 0 Å². The van der Waals surface area contributed by atoms with E-state index in [2.05, 4.69) is 10.3 Å². The summed E-state index contributed by atoms with van der Waals surface area (Å²) < 4.78 is 12.9. The van der Waals surface area contributed by atoms with Crippen molar-refractivity contribution < 1.29 is 19.1 Å². The SMILES string of the molecule is O=C(NCCc1ccccc1C(=O)O)c1ccnc(F)c1. The van der Waals surface area contributed by atoms with Gasteiger partial charge in [0.25, 0.3) is 5.91 Å². The summed E-state index contributed by atoms with van der Waals surface area (Å²) >= 11 is 0. The second kappa shape index (κ2) is 6.60. The van der Waals surface area contributed by atoms with E-state index in [1.807, 2.05) is 0 Å². The van der Waals surface area contributed by atoms with Crippen molar-refractivity contribution in [2.45, 2.75) is 6.42 Å². The number of aromatic nitrogens is 1. The summed E-state index contributed by atoms with van der Waals surface area (Å²) in [6.45, 7) is 0.257. The van der Waals surface area contributed by atoms with Crippen LogP contribution < -0.4 is 5.32 Å². The van der Waals surface area contributed by atoms with Crippen LogP contribution in [0.4, 0.5) is 4.39 Å². The molecule has 2 aromatic rings. The molecule has 1 amide bonds. The van der Waals surface area contributed by atoms with E-state index in [0.717, 1.165) is 6.07 Å². The van der Waals surface area contributed by atoms with Crippen LogP contribution in [0, 0.1) is 5.95 Å². The largest absolute Gasteiger partial charge is 0.478 e. The van der Waals surface area contributed by atoms with Crippen molar-refractivity contribution >= 4 is 11.9 Å². The molecule has 108 valence electrons. The molecule has 0 aliphatic carbocycles. The fourth-order valence-electron chi connectivity index (χ4n) is 1.90. The number of aromatic carboxylic acids is 1. The Morgan fingerprint density at radius 1 is 1.24 bits per heavy atom. The van der Waals surface area contributed by atoms with Crippen LogP contribution in [0.2, 0.25) is 0 Å². The number of carboxylic acid groups (broad SMARTS) is 1. The highest BCUT2D eigenvalue weighted by atomic mass is 19.1. The van der Waals surface area contributed by atoms with Crippen LogP contribution in [0.25, 0.3) is 0 Å². The third-order valence-electron chi connectivity index (χ3n) is 2.92.